The average Bonchev–Trinajstić information content (AvgIpc) is 3.25. The Kier molecular flexibility index (Phi) is 4.34. The van der Waals surface area contributed by atoms with Crippen molar-refractivity contribution in [2.75, 3.05) is 0 Å². The summed E-state index contributed by atoms with van der Waals surface area (Å²) >= 11 is 0. The van der Waals surface area contributed by atoms with Crippen molar-refractivity contribution in [3.63, 3.8) is 0 Å². The molecule has 0 aliphatic heterocycles. The van der Waals surface area contributed by atoms with Crippen LogP contribution in [0.5, 0.6) is 11.5 Å². The minimum absolute atomic E-state index is 0.0183. The zero-order valence-corrected chi connectivity index (χ0v) is 16.5. The summed E-state index contributed by atoms with van der Waals surface area (Å²) in [7, 11) is 0. The molecule has 0 saturated carbocycles. The molecule has 2 heterocycles. The lowest BCUT2D eigenvalue weighted by atomic mass is 10.1. The number of aromatic nitrogens is 4. The Labute approximate surface area is 163 Å². The number of fused-ring (bicyclic) bond motifs is 1. The summed E-state index contributed by atoms with van der Waals surface area (Å²) in [5, 5.41) is 30.2. The monoisotopic (exact) mass is 376 g/mol. The van der Waals surface area contributed by atoms with Crippen LogP contribution in [0.25, 0.3) is 28.0 Å². The molecular weight excluding hydrogens is 352 g/mol. The van der Waals surface area contributed by atoms with Gasteiger partial charge in [0.25, 0.3) is 0 Å². The fourth-order valence-corrected chi connectivity index (χ4v) is 3.73. The van der Waals surface area contributed by atoms with E-state index in [-0.39, 0.29) is 11.5 Å². The maximum Gasteiger partial charge on any atom is 0.172 e. The Hall–Kier alpha value is -3.28. The molecule has 0 fully saturated rings. The van der Waals surface area contributed by atoms with E-state index in [1.165, 1.54) is 6.07 Å². The summed E-state index contributed by atoms with van der Waals surface area (Å²) in [6, 6.07) is 11.8. The minimum Gasteiger partial charge on any atom is -0.508 e. The molecule has 0 saturated heterocycles. The van der Waals surface area contributed by atoms with Crippen LogP contribution < -0.4 is 0 Å². The van der Waals surface area contributed by atoms with E-state index in [1.54, 1.807) is 6.07 Å². The standard InChI is InChI=1S/C22H24N4O2/c1-5-15-11-17(21(28)12-20(15)27)22-24-23-14(4)26(22)19-8-6-7-18-16(19)9-10-25(18)13(2)3/h6-13,27-28H,5H2,1-4H3. The first kappa shape index (κ1) is 18.1. The second-order valence-electron chi connectivity index (χ2n) is 7.28. The van der Waals surface area contributed by atoms with Crippen molar-refractivity contribution in [1.82, 2.24) is 19.3 Å². The van der Waals surface area contributed by atoms with Gasteiger partial charge in [-0.25, -0.2) is 0 Å². The molecule has 2 aromatic carbocycles. The van der Waals surface area contributed by atoms with Crippen LogP contribution in [0.15, 0.2) is 42.6 Å². The first-order valence-corrected chi connectivity index (χ1v) is 9.49. The highest BCUT2D eigenvalue weighted by molar-refractivity contribution is 5.89. The van der Waals surface area contributed by atoms with Gasteiger partial charge in [0.05, 0.1) is 16.8 Å². The Bertz CT molecular complexity index is 1170. The van der Waals surface area contributed by atoms with Gasteiger partial charge < -0.3 is 14.8 Å². The fourth-order valence-electron chi connectivity index (χ4n) is 3.73. The van der Waals surface area contributed by atoms with Crippen LogP contribution in [-0.2, 0) is 6.42 Å². The number of phenolic OH excluding ortho intramolecular Hbond substituents is 2. The SMILES string of the molecule is CCc1cc(-c2nnc(C)n2-c2cccc3c2ccn3C(C)C)c(O)cc1O. The van der Waals surface area contributed by atoms with Gasteiger partial charge in [-0.15, -0.1) is 10.2 Å². The summed E-state index contributed by atoms with van der Waals surface area (Å²) in [6.45, 7) is 8.17. The average molecular weight is 376 g/mol. The van der Waals surface area contributed by atoms with E-state index in [4.69, 9.17) is 0 Å². The summed E-state index contributed by atoms with van der Waals surface area (Å²) in [6.07, 6.45) is 2.74. The first-order valence-electron chi connectivity index (χ1n) is 9.49. The molecular formula is C22H24N4O2. The van der Waals surface area contributed by atoms with E-state index >= 15 is 0 Å². The second kappa shape index (κ2) is 6.71. The number of aromatic hydroxyl groups is 2. The molecule has 0 radical (unpaired) electrons. The number of hydrogen-bond acceptors (Lipinski definition) is 4. The number of phenols is 2. The van der Waals surface area contributed by atoms with Gasteiger partial charge in [-0.3, -0.25) is 4.57 Å². The van der Waals surface area contributed by atoms with Gasteiger partial charge in [-0.2, -0.15) is 0 Å². The Morgan fingerprint density at radius 2 is 1.82 bits per heavy atom. The Morgan fingerprint density at radius 3 is 2.54 bits per heavy atom. The third-order valence-corrected chi connectivity index (χ3v) is 5.18. The zero-order chi connectivity index (χ0) is 20.0. The van der Waals surface area contributed by atoms with Gasteiger partial charge in [-0.1, -0.05) is 13.0 Å². The number of benzene rings is 2. The second-order valence-corrected chi connectivity index (χ2v) is 7.28. The van der Waals surface area contributed by atoms with Gasteiger partial charge >= 0.3 is 0 Å². The highest BCUT2D eigenvalue weighted by Crippen LogP contribution is 2.37. The van der Waals surface area contributed by atoms with Crippen LogP contribution in [0.4, 0.5) is 0 Å². The van der Waals surface area contributed by atoms with E-state index in [0.717, 1.165) is 28.0 Å². The molecule has 6 nitrogen and oxygen atoms in total. The largest absolute Gasteiger partial charge is 0.508 e. The number of aryl methyl sites for hydroxylation is 2. The van der Waals surface area contributed by atoms with E-state index in [1.807, 2.05) is 30.5 Å². The molecule has 0 unspecified atom stereocenters. The molecule has 0 atom stereocenters. The molecule has 6 heteroatoms. The van der Waals surface area contributed by atoms with E-state index in [2.05, 4.69) is 46.9 Å². The van der Waals surface area contributed by atoms with Crippen LogP contribution in [0.1, 0.15) is 38.2 Å². The van der Waals surface area contributed by atoms with Crippen molar-refractivity contribution < 1.29 is 10.2 Å². The van der Waals surface area contributed by atoms with Crippen molar-refractivity contribution in [2.24, 2.45) is 0 Å². The smallest absolute Gasteiger partial charge is 0.172 e. The zero-order valence-electron chi connectivity index (χ0n) is 16.5. The number of hydrogen-bond donors (Lipinski definition) is 2. The Morgan fingerprint density at radius 1 is 1.04 bits per heavy atom. The summed E-state index contributed by atoms with van der Waals surface area (Å²) in [4.78, 5) is 0. The minimum atomic E-state index is -0.0183. The van der Waals surface area contributed by atoms with Gasteiger partial charge in [0.15, 0.2) is 5.82 Å². The number of nitrogens with zero attached hydrogens (tertiary/aromatic N) is 4. The summed E-state index contributed by atoms with van der Waals surface area (Å²) < 4.78 is 4.18. The Balaban J connectivity index is 1.98. The molecule has 0 spiro atoms. The predicted octanol–water partition coefficient (Wildman–Crippen LogP) is 4.75. The van der Waals surface area contributed by atoms with Crippen molar-refractivity contribution in [3.05, 3.63) is 54.0 Å². The van der Waals surface area contributed by atoms with Crippen molar-refractivity contribution in [3.8, 4) is 28.6 Å². The van der Waals surface area contributed by atoms with Crippen molar-refractivity contribution >= 4 is 10.9 Å². The fraction of sp³-hybridized carbons (Fsp3) is 0.273. The lowest BCUT2D eigenvalue weighted by Crippen LogP contribution is -2.02. The van der Waals surface area contributed by atoms with Crippen LogP contribution in [0.3, 0.4) is 0 Å². The van der Waals surface area contributed by atoms with Gasteiger partial charge in [-0.05, 0) is 57.0 Å². The van der Waals surface area contributed by atoms with Crippen LogP contribution in [0, 0.1) is 6.92 Å². The molecule has 144 valence electrons. The summed E-state index contributed by atoms with van der Waals surface area (Å²) in [5.41, 5.74) is 3.40. The number of rotatable bonds is 4. The van der Waals surface area contributed by atoms with E-state index in [9.17, 15) is 10.2 Å². The quantitative estimate of drug-likeness (QED) is 0.539. The van der Waals surface area contributed by atoms with Crippen LogP contribution >= 0.6 is 0 Å². The lowest BCUT2D eigenvalue weighted by molar-refractivity contribution is 0.447. The molecule has 0 bridgehead atoms. The van der Waals surface area contributed by atoms with Crippen LogP contribution in [-0.4, -0.2) is 29.5 Å². The van der Waals surface area contributed by atoms with Crippen molar-refractivity contribution in [1.29, 1.82) is 0 Å². The van der Waals surface area contributed by atoms with Crippen LogP contribution in [0.2, 0.25) is 0 Å². The molecule has 2 N–H and O–H groups in total. The van der Waals surface area contributed by atoms with Gasteiger partial charge in [0.2, 0.25) is 0 Å². The molecule has 0 aliphatic rings. The first-order chi connectivity index (χ1) is 13.4. The molecule has 2 aromatic heterocycles. The third-order valence-electron chi connectivity index (χ3n) is 5.18. The van der Waals surface area contributed by atoms with Crippen molar-refractivity contribution in [2.45, 2.75) is 40.2 Å². The molecule has 4 rings (SSSR count). The highest BCUT2D eigenvalue weighted by atomic mass is 16.3. The molecule has 0 aliphatic carbocycles. The van der Waals surface area contributed by atoms with E-state index < -0.39 is 0 Å². The molecule has 0 amide bonds. The lowest BCUT2D eigenvalue weighted by Gasteiger charge is -2.14. The highest BCUT2D eigenvalue weighted by Gasteiger charge is 2.20. The van der Waals surface area contributed by atoms with Gasteiger partial charge in [0, 0.05) is 23.7 Å². The molecule has 4 aromatic rings. The van der Waals surface area contributed by atoms with Gasteiger partial charge in [0.1, 0.15) is 17.3 Å². The normalized spacial score (nSPS) is 11.6. The third kappa shape index (κ3) is 2.72. The maximum atomic E-state index is 10.5. The predicted molar refractivity (Wildman–Crippen MR) is 110 cm³/mol. The summed E-state index contributed by atoms with van der Waals surface area (Å²) in [5.74, 6) is 1.35. The molecule has 28 heavy (non-hydrogen) atoms. The van der Waals surface area contributed by atoms with E-state index in [0.29, 0.717) is 23.9 Å². The maximum absolute atomic E-state index is 10.5. The topological polar surface area (TPSA) is 76.1 Å².